The van der Waals surface area contributed by atoms with Crippen LogP contribution in [-0.4, -0.2) is 25.0 Å². The molecule has 1 saturated carbocycles. The summed E-state index contributed by atoms with van der Waals surface area (Å²) in [5.41, 5.74) is 0. The van der Waals surface area contributed by atoms with Crippen molar-refractivity contribution in [2.75, 3.05) is 13.1 Å². The standard InChI is InChI=1S/C12H24N2O/c1-4-11(5-2)14-12(15)8-13-7-10-6-9(10)3/h9-11,13H,4-8H2,1-3H3,(H,14,15). The zero-order valence-electron chi connectivity index (χ0n) is 10.2. The minimum absolute atomic E-state index is 0.136. The summed E-state index contributed by atoms with van der Waals surface area (Å²) in [6.45, 7) is 7.94. The van der Waals surface area contributed by atoms with Gasteiger partial charge in [0.15, 0.2) is 0 Å². The summed E-state index contributed by atoms with van der Waals surface area (Å²) in [7, 11) is 0. The van der Waals surface area contributed by atoms with Gasteiger partial charge in [0.25, 0.3) is 0 Å². The number of carbonyl (C=O) groups is 1. The summed E-state index contributed by atoms with van der Waals surface area (Å²) in [5.74, 6) is 1.81. The van der Waals surface area contributed by atoms with Crippen molar-refractivity contribution in [2.45, 2.75) is 46.1 Å². The Labute approximate surface area is 93.0 Å². The number of nitrogens with one attached hydrogen (secondary N) is 2. The Hall–Kier alpha value is -0.570. The van der Waals surface area contributed by atoms with Crippen molar-refractivity contribution in [2.24, 2.45) is 11.8 Å². The van der Waals surface area contributed by atoms with Crippen LogP contribution < -0.4 is 10.6 Å². The van der Waals surface area contributed by atoms with Crippen LogP contribution in [0.25, 0.3) is 0 Å². The Kier molecular flexibility index (Phi) is 5.09. The molecule has 2 atom stereocenters. The van der Waals surface area contributed by atoms with Gasteiger partial charge in [-0.05, 0) is 37.6 Å². The first-order chi connectivity index (χ1) is 7.17. The number of carbonyl (C=O) groups excluding carboxylic acids is 1. The van der Waals surface area contributed by atoms with Crippen LogP contribution in [0.4, 0.5) is 0 Å². The van der Waals surface area contributed by atoms with Gasteiger partial charge in [-0.25, -0.2) is 0 Å². The van der Waals surface area contributed by atoms with E-state index in [9.17, 15) is 4.79 Å². The zero-order valence-corrected chi connectivity index (χ0v) is 10.2. The summed E-state index contributed by atoms with van der Waals surface area (Å²) in [5, 5.41) is 6.24. The maximum atomic E-state index is 11.5. The largest absolute Gasteiger partial charge is 0.352 e. The second-order valence-corrected chi connectivity index (χ2v) is 4.68. The molecule has 1 aliphatic rings. The maximum absolute atomic E-state index is 11.5. The number of hydrogen-bond donors (Lipinski definition) is 2. The zero-order chi connectivity index (χ0) is 11.3. The third kappa shape index (κ3) is 4.65. The molecule has 3 heteroatoms. The van der Waals surface area contributed by atoms with Crippen LogP contribution >= 0.6 is 0 Å². The molecule has 0 aromatic rings. The van der Waals surface area contributed by atoms with Gasteiger partial charge in [0.1, 0.15) is 0 Å². The Morgan fingerprint density at radius 2 is 2.00 bits per heavy atom. The molecule has 1 aliphatic carbocycles. The van der Waals surface area contributed by atoms with E-state index in [4.69, 9.17) is 0 Å². The second kappa shape index (κ2) is 6.11. The second-order valence-electron chi connectivity index (χ2n) is 4.68. The number of hydrogen-bond acceptors (Lipinski definition) is 2. The monoisotopic (exact) mass is 212 g/mol. The van der Waals surface area contributed by atoms with E-state index in [0.717, 1.165) is 31.2 Å². The maximum Gasteiger partial charge on any atom is 0.234 e. The highest BCUT2D eigenvalue weighted by Crippen LogP contribution is 2.36. The van der Waals surface area contributed by atoms with Gasteiger partial charge in [0.05, 0.1) is 6.54 Å². The summed E-state index contributed by atoms with van der Waals surface area (Å²) in [6, 6.07) is 0.346. The van der Waals surface area contributed by atoms with E-state index in [2.05, 4.69) is 31.4 Å². The van der Waals surface area contributed by atoms with E-state index in [1.807, 2.05) is 0 Å². The average molecular weight is 212 g/mol. The minimum atomic E-state index is 0.136. The smallest absolute Gasteiger partial charge is 0.234 e. The first kappa shape index (κ1) is 12.5. The molecular weight excluding hydrogens is 188 g/mol. The number of rotatable bonds is 7. The Balaban J connectivity index is 2.02. The third-order valence-corrected chi connectivity index (χ3v) is 3.32. The molecular formula is C12H24N2O. The van der Waals surface area contributed by atoms with E-state index in [1.165, 1.54) is 6.42 Å². The molecule has 88 valence electrons. The molecule has 0 aromatic carbocycles. The van der Waals surface area contributed by atoms with Crippen molar-refractivity contribution in [1.82, 2.24) is 10.6 Å². The molecule has 0 spiro atoms. The Morgan fingerprint density at radius 1 is 1.40 bits per heavy atom. The first-order valence-electron chi connectivity index (χ1n) is 6.17. The first-order valence-corrected chi connectivity index (χ1v) is 6.17. The van der Waals surface area contributed by atoms with Crippen molar-refractivity contribution in [3.8, 4) is 0 Å². The predicted molar refractivity (Wildman–Crippen MR) is 62.7 cm³/mol. The van der Waals surface area contributed by atoms with E-state index in [-0.39, 0.29) is 5.91 Å². The molecule has 0 aliphatic heterocycles. The van der Waals surface area contributed by atoms with Gasteiger partial charge in [-0.15, -0.1) is 0 Å². The minimum Gasteiger partial charge on any atom is -0.352 e. The molecule has 0 aromatic heterocycles. The van der Waals surface area contributed by atoms with Gasteiger partial charge in [-0.1, -0.05) is 20.8 Å². The highest BCUT2D eigenvalue weighted by Gasteiger charge is 2.31. The molecule has 2 N–H and O–H groups in total. The van der Waals surface area contributed by atoms with Crippen LogP contribution in [-0.2, 0) is 4.79 Å². The third-order valence-electron chi connectivity index (χ3n) is 3.32. The van der Waals surface area contributed by atoms with Crippen LogP contribution in [0.5, 0.6) is 0 Å². The lowest BCUT2D eigenvalue weighted by Crippen LogP contribution is -2.40. The van der Waals surface area contributed by atoms with Crippen molar-refractivity contribution >= 4 is 5.91 Å². The van der Waals surface area contributed by atoms with Crippen molar-refractivity contribution in [3.05, 3.63) is 0 Å². The highest BCUT2D eigenvalue weighted by molar-refractivity contribution is 5.78. The van der Waals surface area contributed by atoms with Crippen molar-refractivity contribution < 1.29 is 4.79 Å². The molecule has 3 nitrogen and oxygen atoms in total. The molecule has 0 bridgehead atoms. The SMILES string of the molecule is CCC(CC)NC(=O)CNCC1CC1C. The molecule has 2 unspecified atom stereocenters. The fraction of sp³-hybridized carbons (Fsp3) is 0.917. The molecule has 1 amide bonds. The van der Waals surface area contributed by atoms with Gasteiger partial charge in [0, 0.05) is 6.04 Å². The van der Waals surface area contributed by atoms with Gasteiger partial charge in [-0.3, -0.25) is 4.79 Å². The summed E-state index contributed by atoms with van der Waals surface area (Å²) >= 11 is 0. The van der Waals surface area contributed by atoms with E-state index in [0.29, 0.717) is 12.6 Å². The number of amides is 1. The molecule has 1 rings (SSSR count). The average Bonchev–Trinajstić information content (AvgIpc) is 2.91. The van der Waals surface area contributed by atoms with Crippen LogP contribution in [0, 0.1) is 11.8 Å². The summed E-state index contributed by atoms with van der Waals surface area (Å²) in [6.07, 6.45) is 3.35. The lowest BCUT2D eigenvalue weighted by Gasteiger charge is -2.14. The summed E-state index contributed by atoms with van der Waals surface area (Å²) < 4.78 is 0. The van der Waals surface area contributed by atoms with E-state index < -0.39 is 0 Å². The van der Waals surface area contributed by atoms with E-state index in [1.54, 1.807) is 0 Å². The molecule has 15 heavy (non-hydrogen) atoms. The van der Waals surface area contributed by atoms with Crippen molar-refractivity contribution in [3.63, 3.8) is 0 Å². The van der Waals surface area contributed by atoms with Gasteiger partial charge in [-0.2, -0.15) is 0 Å². The highest BCUT2D eigenvalue weighted by atomic mass is 16.1. The lowest BCUT2D eigenvalue weighted by atomic mass is 10.2. The van der Waals surface area contributed by atoms with Gasteiger partial charge < -0.3 is 10.6 Å². The van der Waals surface area contributed by atoms with Crippen LogP contribution in [0.1, 0.15) is 40.0 Å². The fourth-order valence-corrected chi connectivity index (χ4v) is 1.83. The topological polar surface area (TPSA) is 41.1 Å². The Bertz CT molecular complexity index is 202. The molecule has 0 heterocycles. The molecule has 0 radical (unpaired) electrons. The van der Waals surface area contributed by atoms with E-state index >= 15 is 0 Å². The normalized spacial score (nSPS) is 24.3. The summed E-state index contributed by atoms with van der Waals surface area (Å²) in [4.78, 5) is 11.5. The molecule has 1 fully saturated rings. The van der Waals surface area contributed by atoms with Gasteiger partial charge in [0.2, 0.25) is 5.91 Å². The van der Waals surface area contributed by atoms with Crippen LogP contribution in [0.15, 0.2) is 0 Å². The van der Waals surface area contributed by atoms with Crippen LogP contribution in [0.2, 0.25) is 0 Å². The van der Waals surface area contributed by atoms with Gasteiger partial charge >= 0.3 is 0 Å². The fourth-order valence-electron chi connectivity index (χ4n) is 1.83. The Morgan fingerprint density at radius 3 is 2.47 bits per heavy atom. The van der Waals surface area contributed by atoms with Crippen molar-refractivity contribution in [1.29, 1.82) is 0 Å². The predicted octanol–water partition coefficient (Wildman–Crippen LogP) is 1.54. The van der Waals surface area contributed by atoms with Crippen LogP contribution in [0.3, 0.4) is 0 Å². The molecule has 0 saturated heterocycles. The lowest BCUT2D eigenvalue weighted by molar-refractivity contribution is -0.121. The quantitative estimate of drug-likeness (QED) is 0.672.